The molecule has 0 amide bonds. The summed E-state index contributed by atoms with van der Waals surface area (Å²) in [6.45, 7) is 2.73. The summed E-state index contributed by atoms with van der Waals surface area (Å²) in [6, 6.07) is 7.16. The molecule has 1 aromatic rings. The second-order valence-electron chi connectivity index (χ2n) is 3.80. The Morgan fingerprint density at radius 1 is 1.18 bits per heavy atom. The molecule has 0 fully saturated rings. The van der Waals surface area contributed by atoms with Crippen molar-refractivity contribution in [3.05, 3.63) is 35.4 Å². The molecule has 0 aliphatic heterocycles. The van der Waals surface area contributed by atoms with E-state index in [4.69, 9.17) is 14.2 Å². The van der Waals surface area contributed by atoms with Crippen molar-refractivity contribution in [1.29, 1.82) is 0 Å². The highest BCUT2D eigenvalue weighted by Crippen LogP contribution is 2.08. The van der Waals surface area contributed by atoms with Gasteiger partial charge < -0.3 is 14.2 Å². The standard InChI is InChI=1S/C13H18O4/c1-10(8-15-2)17-13(14)12-6-4-11(5-7-12)9-16-3/h4-7,10H,8-9H2,1-3H3/t10-/m1/s1. The largest absolute Gasteiger partial charge is 0.457 e. The van der Waals surface area contributed by atoms with Crippen molar-refractivity contribution in [2.45, 2.75) is 19.6 Å². The average Bonchev–Trinajstić information content (AvgIpc) is 2.30. The second kappa shape index (κ2) is 7.04. The highest BCUT2D eigenvalue weighted by molar-refractivity contribution is 5.89. The summed E-state index contributed by atoms with van der Waals surface area (Å²) >= 11 is 0. The van der Waals surface area contributed by atoms with Gasteiger partial charge in [0.05, 0.1) is 18.8 Å². The zero-order valence-corrected chi connectivity index (χ0v) is 10.4. The molecule has 1 aromatic carbocycles. The molecule has 1 rings (SSSR count). The van der Waals surface area contributed by atoms with Crippen LogP contribution in [0.25, 0.3) is 0 Å². The fourth-order valence-corrected chi connectivity index (χ4v) is 1.42. The van der Waals surface area contributed by atoms with Gasteiger partial charge in [0.1, 0.15) is 6.10 Å². The maximum atomic E-state index is 11.7. The van der Waals surface area contributed by atoms with E-state index >= 15 is 0 Å². The lowest BCUT2D eigenvalue weighted by Gasteiger charge is -2.12. The summed E-state index contributed by atoms with van der Waals surface area (Å²) in [4.78, 5) is 11.7. The highest BCUT2D eigenvalue weighted by Gasteiger charge is 2.11. The highest BCUT2D eigenvalue weighted by atomic mass is 16.6. The van der Waals surface area contributed by atoms with Crippen LogP contribution in [0.4, 0.5) is 0 Å². The van der Waals surface area contributed by atoms with E-state index in [1.165, 1.54) is 0 Å². The van der Waals surface area contributed by atoms with Crippen molar-refractivity contribution < 1.29 is 19.0 Å². The van der Waals surface area contributed by atoms with Crippen molar-refractivity contribution in [2.24, 2.45) is 0 Å². The van der Waals surface area contributed by atoms with Crippen LogP contribution in [0.1, 0.15) is 22.8 Å². The first-order valence-electron chi connectivity index (χ1n) is 5.45. The molecule has 0 unspecified atom stereocenters. The molecule has 17 heavy (non-hydrogen) atoms. The zero-order valence-electron chi connectivity index (χ0n) is 10.4. The first-order valence-corrected chi connectivity index (χ1v) is 5.45. The van der Waals surface area contributed by atoms with Crippen LogP contribution in [-0.2, 0) is 20.8 Å². The van der Waals surface area contributed by atoms with Crippen molar-refractivity contribution in [2.75, 3.05) is 20.8 Å². The van der Waals surface area contributed by atoms with Crippen molar-refractivity contribution >= 4 is 5.97 Å². The molecule has 0 heterocycles. The Morgan fingerprint density at radius 2 is 1.82 bits per heavy atom. The minimum Gasteiger partial charge on any atom is -0.457 e. The van der Waals surface area contributed by atoms with Gasteiger partial charge >= 0.3 is 5.97 Å². The van der Waals surface area contributed by atoms with Gasteiger partial charge in [-0.05, 0) is 24.6 Å². The van der Waals surface area contributed by atoms with E-state index in [0.717, 1.165) is 5.56 Å². The number of benzene rings is 1. The van der Waals surface area contributed by atoms with Crippen LogP contribution in [0.2, 0.25) is 0 Å². The molecule has 0 spiro atoms. The minimum atomic E-state index is -0.335. The summed E-state index contributed by atoms with van der Waals surface area (Å²) in [5.74, 6) is -0.335. The number of rotatable bonds is 6. The molecular weight excluding hydrogens is 220 g/mol. The van der Waals surface area contributed by atoms with Gasteiger partial charge in [-0.15, -0.1) is 0 Å². The number of hydrogen-bond donors (Lipinski definition) is 0. The van der Waals surface area contributed by atoms with Crippen LogP contribution in [0.15, 0.2) is 24.3 Å². The monoisotopic (exact) mass is 238 g/mol. The van der Waals surface area contributed by atoms with Gasteiger partial charge in [-0.1, -0.05) is 12.1 Å². The predicted molar refractivity (Wildman–Crippen MR) is 63.9 cm³/mol. The smallest absolute Gasteiger partial charge is 0.338 e. The lowest BCUT2D eigenvalue weighted by molar-refractivity contribution is 0.0120. The van der Waals surface area contributed by atoms with Gasteiger partial charge in [-0.3, -0.25) is 0 Å². The molecular formula is C13H18O4. The number of esters is 1. The molecule has 0 bridgehead atoms. The summed E-state index contributed by atoms with van der Waals surface area (Å²) < 4.78 is 15.1. The first kappa shape index (κ1) is 13.7. The van der Waals surface area contributed by atoms with Gasteiger partial charge in [-0.25, -0.2) is 4.79 Å². The predicted octanol–water partition coefficient (Wildman–Crippen LogP) is 2.02. The van der Waals surface area contributed by atoms with Gasteiger partial charge in [0, 0.05) is 14.2 Å². The third-order valence-corrected chi connectivity index (χ3v) is 2.21. The van der Waals surface area contributed by atoms with E-state index in [1.807, 2.05) is 12.1 Å². The van der Waals surface area contributed by atoms with E-state index < -0.39 is 0 Å². The quantitative estimate of drug-likeness (QED) is 0.711. The fraction of sp³-hybridized carbons (Fsp3) is 0.462. The molecule has 0 aliphatic rings. The molecule has 0 radical (unpaired) electrons. The molecule has 0 saturated carbocycles. The van der Waals surface area contributed by atoms with Gasteiger partial charge in [0.25, 0.3) is 0 Å². The third kappa shape index (κ3) is 4.54. The number of carbonyl (C=O) groups is 1. The summed E-state index contributed by atoms with van der Waals surface area (Å²) in [6.07, 6.45) is -0.244. The lowest BCUT2D eigenvalue weighted by Crippen LogP contribution is -2.19. The van der Waals surface area contributed by atoms with Crippen molar-refractivity contribution in [3.8, 4) is 0 Å². The topological polar surface area (TPSA) is 44.8 Å². The zero-order chi connectivity index (χ0) is 12.7. The van der Waals surface area contributed by atoms with Gasteiger partial charge in [-0.2, -0.15) is 0 Å². The van der Waals surface area contributed by atoms with Crippen LogP contribution in [0.5, 0.6) is 0 Å². The van der Waals surface area contributed by atoms with Gasteiger partial charge in [0.15, 0.2) is 0 Å². The van der Waals surface area contributed by atoms with Crippen LogP contribution in [-0.4, -0.2) is 32.9 Å². The Bertz CT molecular complexity index is 345. The van der Waals surface area contributed by atoms with Crippen LogP contribution in [0, 0.1) is 0 Å². The van der Waals surface area contributed by atoms with E-state index in [1.54, 1.807) is 33.3 Å². The molecule has 1 atom stereocenters. The third-order valence-electron chi connectivity index (χ3n) is 2.21. The molecule has 0 aliphatic carbocycles. The number of carbonyl (C=O) groups excluding carboxylic acids is 1. The molecule has 94 valence electrons. The molecule has 4 heteroatoms. The van der Waals surface area contributed by atoms with Crippen molar-refractivity contribution in [1.82, 2.24) is 0 Å². The Balaban J connectivity index is 2.57. The van der Waals surface area contributed by atoms with E-state index in [0.29, 0.717) is 18.8 Å². The Labute approximate surface area is 101 Å². The average molecular weight is 238 g/mol. The summed E-state index contributed by atoms with van der Waals surface area (Å²) in [5, 5.41) is 0. The van der Waals surface area contributed by atoms with E-state index in [2.05, 4.69) is 0 Å². The Hall–Kier alpha value is -1.39. The van der Waals surface area contributed by atoms with Crippen LogP contribution in [0.3, 0.4) is 0 Å². The Kier molecular flexibility index (Phi) is 5.66. The van der Waals surface area contributed by atoms with Gasteiger partial charge in [0.2, 0.25) is 0 Å². The summed E-state index contributed by atoms with van der Waals surface area (Å²) in [7, 11) is 3.21. The number of ether oxygens (including phenoxy) is 3. The van der Waals surface area contributed by atoms with Crippen LogP contribution < -0.4 is 0 Å². The molecule has 0 N–H and O–H groups in total. The SMILES string of the molecule is COCc1ccc(C(=O)O[C@H](C)COC)cc1. The van der Waals surface area contributed by atoms with E-state index in [-0.39, 0.29) is 12.1 Å². The van der Waals surface area contributed by atoms with Crippen molar-refractivity contribution in [3.63, 3.8) is 0 Å². The maximum absolute atomic E-state index is 11.7. The fourth-order valence-electron chi connectivity index (χ4n) is 1.42. The lowest BCUT2D eigenvalue weighted by atomic mass is 10.1. The molecule has 0 saturated heterocycles. The summed E-state index contributed by atoms with van der Waals surface area (Å²) in [5.41, 5.74) is 1.56. The molecule has 0 aromatic heterocycles. The molecule has 4 nitrogen and oxygen atoms in total. The first-order chi connectivity index (χ1) is 8.17. The normalized spacial score (nSPS) is 12.2. The number of methoxy groups -OCH3 is 2. The maximum Gasteiger partial charge on any atom is 0.338 e. The van der Waals surface area contributed by atoms with Crippen LogP contribution >= 0.6 is 0 Å². The van der Waals surface area contributed by atoms with E-state index in [9.17, 15) is 4.79 Å². The minimum absolute atomic E-state index is 0.244. The number of hydrogen-bond acceptors (Lipinski definition) is 4. The second-order valence-corrected chi connectivity index (χ2v) is 3.80. The Morgan fingerprint density at radius 3 is 2.35 bits per heavy atom.